The van der Waals surface area contributed by atoms with E-state index in [4.69, 9.17) is 4.98 Å². The Labute approximate surface area is 259 Å². The van der Waals surface area contributed by atoms with Crippen LogP contribution in [0.4, 0.5) is 17.1 Å². The van der Waals surface area contributed by atoms with Crippen LogP contribution in [0.1, 0.15) is 25.0 Å². The number of fused-ring (bicyclic) bond motifs is 9. The molecule has 10 rings (SSSR count). The highest BCUT2D eigenvalue weighted by atomic mass is 15.2. The minimum Gasteiger partial charge on any atom is -0.310 e. The van der Waals surface area contributed by atoms with E-state index in [1.165, 1.54) is 49.4 Å². The predicted molar refractivity (Wildman–Crippen MR) is 184 cm³/mol. The molecule has 1 aliphatic rings. The molecule has 0 fully saturated rings. The molecule has 0 amide bonds. The van der Waals surface area contributed by atoms with E-state index in [1.807, 2.05) is 6.20 Å². The summed E-state index contributed by atoms with van der Waals surface area (Å²) < 4.78 is 2.29. The first-order valence-corrected chi connectivity index (χ1v) is 15.4. The first-order chi connectivity index (χ1) is 22.1. The SMILES string of the molecule is CC1(C)c2ccccc2N(c2ccccc2)c2ccc(-c3c4c5ccccc5c5cccc(c54)c4nc5ncncc5n34)cc21. The summed E-state index contributed by atoms with van der Waals surface area (Å²) in [6, 6.07) is 41.8. The lowest BCUT2D eigenvalue weighted by molar-refractivity contribution is 0.632. The van der Waals surface area contributed by atoms with Crippen LogP contribution in [0, 0.1) is 0 Å². The van der Waals surface area contributed by atoms with Crippen molar-refractivity contribution in [3.63, 3.8) is 0 Å². The van der Waals surface area contributed by atoms with Crippen LogP contribution in [-0.2, 0) is 5.41 Å². The molecule has 0 N–H and O–H groups in total. The summed E-state index contributed by atoms with van der Waals surface area (Å²) >= 11 is 0. The molecular formula is C40H27N5. The smallest absolute Gasteiger partial charge is 0.181 e. The molecule has 0 aliphatic carbocycles. The second-order valence-corrected chi connectivity index (χ2v) is 12.5. The van der Waals surface area contributed by atoms with Gasteiger partial charge >= 0.3 is 0 Å². The number of aromatic nitrogens is 4. The summed E-state index contributed by atoms with van der Waals surface area (Å²) in [6.45, 7) is 4.69. The fraction of sp³-hybridized carbons (Fsp3) is 0.0750. The molecule has 0 saturated heterocycles. The average molecular weight is 578 g/mol. The molecule has 5 heteroatoms. The van der Waals surface area contributed by atoms with Crippen LogP contribution in [0.25, 0.3) is 60.4 Å². The van der Waals surface area contributed by atoms with Gasteiger partial charge in [0.2, 0.25) is 0 Å². The van der Waals surface area contributed by atoms with Gasteiger partial charge in [-0.3, -0.25) is 4.40 Å². The van der Waals surface area contributed by atoms with Gasteiger partial charge in [-0.05, 0) is 63.2 Å². The molecule has 3 aromatic heterocycles. The Hall–Kier alpha value is -5.81. The molecule has 212 valence electrons. The normalized spacial score (nSPS) is 14.1. The molecule has 9 aromatic rings. The third-order valence-corrected chi connectivity index (χ3v) is 9.86. The lowest BCUT2D eigenvalue weighted by Crippen LogP contribution is -2.30. The maximum Gasteiger partial charge on any atom is 0.181 e. The Morgan fingerprint density at radius 2 is 1.33 bits per heavy atom. The Kier molecular flexibility index (Phi) is 4.73. The fourth-order valence-electron chi connectivity index (χ4n) is 7.87. The average Bonchev–Trinajstić information content (AvgIpc) is 3.64. The van der Waals surface area contributed by atoms with Crippen LogP contribution in [0.5, 0.6) is 0 Å². The van der Waals surface area contributed by atoms with Gasteiger partial charge in [0, 0.05) is 27.3 Å². The van der Waals surface area contributed by atoms with Crippen molar-refractivity contribution >= 4 is 66.2 Å². The van der Waals surface area contributed by atoms with Crippen LogP contribution in [-0.4, -0.2) is 19.4 Å². The van der Waals surface area contributed by atoms with Crippen LogP contribution < -0.4 is 4.90 Å². The zero-order chi connectivity index (χ0) is 29.9. The van der Waals surface area contributed by atoms with Crippen molar-refractivity contribution in [3.05, 3.63) is 139 Å². The summed E-state index contributed by atoms with van der Waals surface area (Å²) in [5, 5.41) is 7.37. The van der Waals surface area contributed by atoms with Crippen molar-refractivity contribution in [2.24, 2.45) is 0 Å². The van der Waals surface area contributed by atoms with E-state index in [-0.39, 0.29) is 5.41 Å². The zero-order valence-electron chi connectivity index (χ0n) is 24.9. The van der Waals surface area contributed by atoms with Crippen molar-refractivity contribution in [1.29, 1.82) is 0 Å². The van der Waals surface area contributed by atoms with E-state index in [0.717, 1.165) is 33.5 Å². The van der Waals surface area contributed by atoms with Gasteiger partial charge in [0.25, 0.3) is 0 Å². The van der Waals surface area contributed by atoms with E-state index in [1.54, 1.807) is 6.33 Å². The van der Waals surface area contributed by atoms with Crippen LogP contribution in [0.2, 0.25) is 0 Å². The lowest BCUT2D eigenvalue weighted by Gasteiger charge is -2.42. The van der Waals surface area contributed by atoms with Crippen LogP contribution in [0.15, 0.2) is 128 Å². The van der Waals surface area contributed by atoms with Crippen molar-refractivity contribution in [1.82, 2.24) is 19.4 Å². The molecule has 1 aliphatic heterocycles. The first-order valence-electron chi connectivity index (χ1n) is 15.4. The summed E-state index contributed by atoms with van der Waals surface area (Å²) in [5.74, 6) is 0. The number of anilines is 3. The molecule has 5 nitrogen and oxygen atoms in total. The molecule has 0 spiro atoms. The van der Waals surface area contributed by atoms with E-state index >= 15 is 0 Å². The van der Waals surface area contributed by atoms with Gasteiger partial charge in [-0.1, -0.05) is 98.8 Å². The summed E-state index contributed by atoms with van der Waals surface area (Å²) in [4.78, 5) is 16.5. The molecule has 0 atom stereocenters. The number of hydrogen-bond donors (Lipinski definition) is 0. The number of rotatable bonds is 2. The monoisotopic (exact) mass is 577 g/mol. The first kappa shape index (κ1) is 24.6. The molecule has 6 aromatic carbocycles. The largest absolute Gasteiger partial charge is 0.310 e. The van der Waals surface area contributed by atoms with Gasteiger partial charge in [0.15, 0.2) is 5.65 Å². The highest BCUT2D eigenvalue weighted by Crippen LogP contribution is 2.53. The topological polar surface area (TPSA) is 46.3 Å². The number of hydrogen-bond acceptors (Lipinski definition) is 4. The Morgan fingerprint density at radius 3 is 2.22 bits per heavy atom. The maximum absolute atomic E-state index is 5.10. The van der Waals surface area contributed by atoms with E-state index in [9.17, 15) is 0 Å². The Balaban J connectivity index is 1.37. The standard InChI is InChI=1S/C40H27N5/c1-40(2)30-17-8-9-18-32(30)44(25-11-4-3-5-12-25)33-20-19-24(21-31(33)40)37-36-28-14-7-6-13-26(28)27-15-10-16-29(35(27)36)39-43-38-34(45(37)39)22-41-23-42-38/h3-23H,1-2H3. The summed E-state index contributed by atoms with van der Waals surface area (Å²) in [6.07, 6.45) is 3.48. The minimum atomic E-state index is -0.229. The van der Waals surface area contributed by atoms with Crippen LogP contribution in [0.3, 0.4) is 0 Å². The van der Waals surface area contributed by atoms with Crippen molar-refractivity contribution in [3.8, 4) is 11.3 Å². The number of nitrogens with zero attached hydrogens (tertiary/aromatic N) is 5. The van der Waals surface area contributed by atoms with Gasteiger partial charge < -0.3 is 4.90 Å². The second kappa shape index (κ2) is 8.64. The van der Waals surface area contributed by atoms with Gasteiger partial charge in [-0.15, -0.1) is 0 Å². The van der Waals surface area contributed by atoms with E-state index < -0.39 is 0 Å². The third-order valence-electron chi connectivity index (χ3n) is 9.86. The predicted octanol–water partition coefficient (Wildman–Crippen LogP) is 9.95. The highest BCUT2D eigenvalue weighted by molar-refractivity contribution is 6.35. The summed E-state index contributed by atoms with van der Waals surface area (Å²) in [7, 11) is 0. The quantitative estimate of drug-likeness (QED) is 0.205. The third kappa shape index (κ3) is 3.14. The Bertz CT molecular complexity index is 2630. The van der Waals surface area contributed by atoms with Gasteiger partial charge in [-0.25, -0.2) is 15.0 Å². The number of imidazole rings is 1. The molecular weight excluding hydrogens is 550 g/mol. The van der Waals surface area contributed by atoms with Crippen LogP contribution >= 0.6 is 0 Å². The Morgan fingerprint density at radius 1 is 0.622 bits per heavy atom. The number of pyridine rings is 1. The minimum absolute atomic E-state index is 0.229. The van der Waals surface area contributed by atoms with E-state index in [2.05, 4.69) is 148 Å². The molecule has 0 radical (unpaired) electrons. The molecule has 0 bridgehead atoms. The molecule has 0 saturated carbocycles. The molecule has 45 heavy (non-hydrogen) atoms. The van der Waals surface area contributed by atoms with Crippen molar-refractivity contribution in [2.75, 3.05) is 4.90 Å². The number of para-hydroxylation sites is 2. The maximum atomic E-state index is 5.10. The number of benzene rings is 5. The summed E-state index contributed by atoms with van der Waals surface area (Å²) in [5.41, 5.74) is 10.7. The van der Waals surface area contributed by atoms with Gasteiger partial charge in [0.1, 0.15) is 17.5 Å². The molecule has 0 unspecified atom stereocenters. The lowest BCUT2D eigenvalue weighted by atomic mass is 9.73. The van der Waals surface area contributed by atoms with Gasteiger partial charge in [0.05, 0.1) is 23.3 Å². The van der Waals surface area contributed by atoms with Crippen molar-refractivity contribution < 1.29 is 0 Å². The van der Waals surface area contributed by atoms with Gasteiger partial charge in [-0.2, -0.15) is 0 Å². The van der Waals surface area contributed by atoms with Crippen molar-refractivity contribution in [2.45, 2.75) is 19.3 Å². The zero-order valence-corrected chi connectivity index (χ0v) is 24.9. The fourth-order valence-corrected chi connectivity index (χ4v) is 7.87. The van der Waals surface area contributed by atoms with E-state index in [0.29, 0.717) is 5.65 Å². The molecule has 4 heterocycles. The highest BCUT2D eigenvalue weighted by Gasteiger charge is 2.37. The second-order valence-electron chi connectivity index (χ2n) is 12.5.